The summed E-state index contributed by atoms with van der Waals surface area (Å²) in [6, 6.07) is 10.7. The molecule has 1 aromatic heterocycles. The number of benzene rings is 1. The lowest BCUT2D eigenvalue weighted by Gasteiger charge is -2.56. The van der Waals surface area contributed by atoms with E-state index in [1.807, 2.05) is 6.08 Å². The zero-order valence-electron chi connectivity index (χ0n) is 19.7. The minimum absolute atomic E-state index is 0.472. The molecule has 5 fully saturated rings. The molecule has 7 rings (SSSR count). The summed E-state index contributed by atoms with van der Waals surface area (Å²) in [6.07, 6.45) is 11.8. The summed E-state index contributed by atoms with van der Waals surface area (Å²) in [5.74, 6) is 4.10. The molecule has 0 spiro atoms. The van der Waals surface area contributed by atoms with E-state index in [1.165, 1.54) is 50.0 Å². The molecular weight excluding hydrogens is 426 g/mol. The van der Waals surface area contributed by atoms with Gasteiger partial charge in [-0.2, -0.15) is 5.10 Å². The fourth-order valence-electron chi connectivity index (χ4n) is 7.84. The molecule has 0 unspecified atom stereocenters. The summed E-state index contributed by atoms with van der Waals surface area (Å²) in [6.45, 7) is 9.73. The Hall–Kier alpha value is -1.92. The van der Waals surface area contributed by atoms with Crippen molar-refractivity contribution in [3.63, 3.8) is 0 Å². The summed E-state index contributed by atoms with van der Waals surface area (Å²) in [5, 5.41) is 5.15. The van der Waals surface area contributed by atoms with Crippen LogP contribution >= 0.6 is 12.2 Å². The average Bonchev–Trinajstić information content (AvgIpc) is 3.08. The first kappa shape index (κ1) is 21.6. The molecular formula is C27H37N5S. The molecule has 0 radical (unpaired) electrons. The number of hydrogen-bond acceptors (Lipinski definition) is 4. The third-order valence-corrected chi connectivity index (χ3v) is 9.27. The second kappa shape index (κ2) is 8.70. The van der Waals surface area contributed by atoms with Gasteiger partial charge in [0, 0.05) is 44.8 Å². The molecule has 5 aliphatic rings. The van der Waals surface area contributed by atoms with Crippen molar-refractivity contribution < 1.29 is 0 Å². The van der Waals surface area contributed by atoms with E-state index in [0.717, 1.165) is 68.3 Å². The van der Waals surface area contributed by atoms with E-state index < -0.39 is 0 Å². The molecule has 0 amide bonds. The highest BCUT2D eigenvalue weighted by atomic mass is 32.1. The van der Waals surface area contributed by atoms with Crippen LogP contribution in [0, 0.1) is 27.9 Å². The van der Waals surface area contributed by atoms with Gasteiger partial charge in [-0.15, -0.1) is 6.58 Å². The van der Waals surface area contributed by atoms with Gasteiger partial charge in [0.2, 0.25) is 0 Å². The SMILES string of the molecule is C=CCn1c(CC23CC4CC(CC(C4)C2)C3)nn(CN2CCN(c3ccccc3)CC2)c1=S. The fourth-order valence-corrected chi connectivity index (χ4v) is 8.12. The Balaban J connectivity index is 1.17. The van der Waals surface area contributed by atoms with E-state index in [0.29, 0.717) is 5.41 Å². The van der Waals surface area contributed by atoms with Crippen molar-refractivity contribution in [2.24, 2.45) is 23.2 Å². The van der Waals surface area contributed by atoms with Gasteiger partial charge in [0.1, 0.15) is 5.82 Å². The van der Waals surface area contributed by atoms with Gasteiger partial charge in [-0.25, -0.2) is 4.68 Å². The van der Waals surface area contributed by atoms with E-state index >= 15 is 0 Å². The zero-order chi connectivity index (χ0) is 22.4. The van der Waals surface area contributed by atoms with Crippen LogP contribution in [0.4, 0.5) is 5.69 Å². The van der Waals surface area contributed by atoms with Crippen molar-refractivity contribution in [2.45, 2.75) is 58.2 Å². The van der Waals surface area contributed by atoms with Crippen molar-refractivity contribution in [3.05, 3.63) is 53.6 Å². The molecule has 4 bridgehead atoms. The maximum atomic E-state index is 5.93. The highest BCUT2D eigenvalue weighted by Crippen LogP contribution is 2.60. The van der Waals surface area contributed by atoms with Crippen LogP contribution in [0.25, 0.3) is 0 Å². The predicted octanol–water partition coefficient (Wildman–Crippen LogP) is 5.14. The van der Waals surface area contributed by atoms with E-state index in [2.05, 4.69) is 56.0 Å². The van der Waals surface area contributed by atoms with Crippen LogP contribution in [0.15, 0.2) is 43.0 Å². The number of anilines is 1. The lowest BCUT2D eigenvalue weighted by molar-refractivity contribution is -0.0536. The van der Waals surface area contributed by atoms with Gasteiger partial charge in [-0.3, -0.25) is 4.90 Å². The normalized spacial score (nSPS) is 31.3. The molecule has 2 heterocycles. The number of nitrogens with zero attached hydrogens (tertiary/aromatic N) is 5. The Kier molecular flexibility index (Phi) is 5.69. The van der Waals surface area contributed by atoms with Crippen LogP contribution in [-0.4, -0.2) is 45.4 Å². The van der Waals surface area contributed by atoms with Crippen LogP contribution in [0.5, 0.6) is 0 Å². The second-order valence-electron chi connectivity index (χ2n) is 11.3. The maximum absolute atomic E-state index is 5.93. The van der Waals surface area contributed by atoms with E-state index in [9.17, 15) is 0 Å². The smallest absolute Gasteiger partial charge is 0.199 e. The Labute approximate surface area is 203 Å². The number of hydrogen-bond donors (Lipinski definition) is 0. The standard InChI is InChI=1S/C27H37N5S/c1-2-8-31-25(19-27-16-21-13-22(17-27)15-23(14-21)18-27)28-32(26(31)33)20-29-9-11-30(12-10-29)24-6-4-3-5-7-24/h2-7,21-23H,1,8-20H2. The molecule has 1 aliphatic heterocycles. The van der Waals surface area contributed by atoms with E-state index in [-0.39, 0.29) is 0 Å². The van der Waals surface area contributed by atoms with Crippen LogP contribution in [0.3, 0.4) is 0 Å². The van der Waals surface area contributed by atoms with Gasteiger partial charge in [-0.05, 0) is 86.0 Å². The predicted molar refractivity (Wildman–Crippen MR) is 136 cm³/mol. The summed E-state index contributed by atoms with van der Waals surface area (Å²) < 4.78 is 5.22. The molecule has 5 nitrogen and oxygen atoms in total. The van der Waals surface area contributed by atoms with Gasteiger partial charge in [0.15, 0.2) is 4.77 Å². The first-order valence-electron chi connectivity index (χ1n) is 12.9. The number of aromatic nitrogens is 3. The minimum atomic E-state index is 0.472. The minimum Gasteiger partial charge on any atom is -0.369 e. The number of para-hydroxylation sites is 1. The Bertz CT molecular complexity index is 1010. The van der Waals surface area contributed by atoms with Crippen molar-refractivity contribution in [3.8, 4) is 0 Å². The van der Waals surface area contributed by atoms with Crippen molar-refractivity contribution in [1.82, 2.24) is 19.2 Å². The molecule has 33 heavy (non-hydrogen) atoms. The maximum Gasteiger partial charge on any atom is 0.199 e. The summed E-state index contributed by atoms with van der Waals surface area (Å²) in [5.41, 5.74) is 1.79. The third-order valence-electron chi connectivity index (χ3n) is 8.84. The molecule has 2 aromatic rings. The fraction of sp³-hybridized carbons (Fsp3) is 0.630. The van der Waals surface area contributed by atoms with Crippen molar-refractivity contribution in [2.75, 3.05) is 31.1 Å². The molecule has 4 saturated carbocycles. The van der Waals surface area contributed by atoms with Gasteiger partial charge < -0.3 is 9.47 Å². The Morgan fingerprint density at radius 3 is 2.21 bits per heavy atom. The first-order chi connectivity index (χ1) is 16.1. The van der Waals surface area contributed by atoms with Crippen molar-refractivity contribution in [1.29, 1.82) is 0 Å². The van der Waals surface area contributed by atoms with E-state index in [1.54, 1.807) is 0 Å². The number of rotatable bonds is 7. The molecule has 6 heteroatoms. The van der Waals surface area contributed by atoms with Gasteiger partial charge in [-0.1, -0.05) is 24.3 Å². The van der Waals surface area contributed by atoms with Gasteiger partial charge in [0.25, 0.3) is 0 Å². The third kappa shape index (κ3) is 4.21. The summed E-state index contributed by atoms with van der Waals surface area (Å²) in [4.78, 5) is 4.97. The topological polar surface area (TPSA) is 29.2 Å². The lowest BCUT2D eigenvalue weighted by Crippen LogP contribution is -2.47. The molecule has 0 N–H and O–H groups in total. The molecule has 1 aromatic carbocycles. The Morgan fingerprint density at radius 2 is 1.61 bits per heavy atom. The highest BCUT2D eigenvalue weighted by Gasteiger charge is 2.51. The van der Waals surface area contributed by atoms with Crippen LogP contribution in [0.2, 0.25) is 0 Å². The first-order valence-corrected chi connectivity index (χ1v) is 13.3. The highest BCUT2D eigenvalue weighted by molar-refractivity contribution is 7.71. The quantitative estimate of drug-likeness (QED) is 0.420. The van der Waals surface area contributed by atoms with Crippen LogP contribution in [-0.2, 0) is 19.6 Å². The van der Waals surface area contributed by atoms with Gasteiger partial charge >= 0.3 is 0 Å². The summed E-state index contributed by atoms with van der Waals surface area (Å²) >= 11 is 5.93. The monoisotopic (exact) mass is 463 g/mol. The average molecular weight is 464 g/mol. The molecule has 4 aliphatic carbocycles. The number of allylic oxidation sites excluding steroid dienone is 1. The second-order valence-corrected chi connectivity index (χ2v) is 11.6. The molecule has 176 valence electrons. The summed E-state index contributed by atoms with van der Waals surface area (Å²) in [7, 11) is 0. The van der Waals surface area contributed by atoms with E-state index in [4.69, 9.17) is 17.3 Å². The largest absolute Gasteiger partial charge is 0.369 e. The Morgan fingerprint density at radius 1 is 0.970 bits per heavy atom. The molecule has 1 saturated heterocycles. The van der Waals surface area contributed by atoms with Crippen LogP contribution in [0.1, 0.15) is 44.3 Å². The van der Waals surface area contributed by atoms with Crippen molar-refractivity contribution >= 4 is 17.9 Å². The van der Waals surface area contributed by atoms with Crippen LogP contribution < -0.4 is 4.90 Å². The lowest BCUT2D eigenvalue weighted by atomic mass is 9.49. The zero-order valence-corrected chi connectivity index (χ0v) is 20.6. The number of piperazine rings is 1. The molecule has 0 atom stereocenters. The van der Waals surface area contributed by atoms with Gasteiger partial charge in [0.05, 0.1) is 6.67 Å².